The van der Waals surface area contributed by atoms with Gasteiger partial charge in [-0.2, -0.15) is 0 Å². The Morgan fingerprint density at radius 2 is 1.67 bits per heavy atom. The standard InChI is InChI=1S/C27H25N5S/c1-3-17-4-6-19(7-5-17)23-16-32-24(15-29-26(32)27(31-23)33-2)20-10-8-18(9-11-20)22-14-28-25(30-22)21-12-13-21/h4-11,14-16,21H,3,12-13H2,1-2H3,(H,28,30). The van der Waals surface area contributed by atoms with Crippen molar-refractivity contribution in [3.05, 3.63) is 78.5 Å². The van der Waals surface area contributed by atoms with E-state index in [9.17, 15) is 0 Å². The average molecular weight is 452 g/mol. The molecule has 6 rings (SSSR count). The maximum absolute atomic E-state index is 4.90. The summed E-state index contributed by atoms with van der Waals surface area (Å²) in [5, 5.41) is 0.931. The van der Waals surface area contributed by atoms with Crippen molar-refractivity contribution in [2.45, 2.75) is 37.1 Å². The number of H-pyrrole nitrogens is 1. The molecule has 0 bridgehead atoms. The highest BCUT2D eigenvalue weighted by Crippen LogP contribution is 2.39. The number of benzene rings is 2. The molecule has 0 spiro atoms. The number of imidazole rings is 2. The lowest BCUT2D eigenvalue weighted by atomic mass is 10.1. The Hall–Kier alpha value is -3.38. The van der Waals surface area contributed by atoms with Crippen LogP contribution >= 0.6 is 11.8 Å². The molecule has 5 aromatic rings. The largest absolute Gasteiger partial charge is 0.342 e. The third-order valence-corrected chi connectivity index (χ3v) is 7.02. The van der Waals surface area contributed by atoms with Crippen LogP contribution in [0.2, 0.25) is 0 Å². The summed E-state index contributed by atoms with van der Waals surface area (Å²) in [7, 11) is 0. The molecule has 0 atom stereocenters. The third-order valence-electron chi connectivity index (χ3n) is 6.36. The fourth-order valence-electron chi connectivity index (χ4n) is 4.23. The van der Waals surface area contributed by atoms with E-state index in [-0.39, 0.29) is 0 Å². The minimum atomic E-state index is 0.628. The van der Waals surface area contributed by atoms with Crippen molar-refractivity contribution in [3.8, 4) is 33.8 Å². The SMILES string of the molecule is CCc1ccc(-c2cn3c(-c4ccc(-c5cnc(C6CC6)[nH]5)cc4)cnc3c(SC)n2)cc1. The topological polar surface area (TPSA) is 58.9 Å². The summed E-state index contributed by atoms with van der Waals surface area (Å²) in [6, 6.07) is 17.3. The monoisotopic (exact) mass is 451 g/mol. The Morgan fingerprint density at radius 1 is 0.939 bits per heavy atom. The number of aromatic amines is 1. The van der Waals surface area contributed by atoms with Gasteiger partial charge in [-0.1, -0.05) is 55.5 Å². The average Bonchev–Trinajstić information content (AvgIpc) is 3.44. The first-order valence-electron chi connectivity index (χ1n) is 11.4. The number of fused-ring (bicyclic) bond motifs is 1. The summed E-state index contributed by atoms with van der Waals surface area (Å²) < 4.78 is 2.16. The van der Waals surface area contributed by atoms with Crippen LogP contribution < -0.4 is 0 Å². The highest BCUT2D eigenvalue weighted by atomic mass is 32.2. The Labute approximate surface area is 197 Å². The van der Waals surface area contributed by atoms with Gasteiger partial charge in [0.2, 0.25) is 0 Å². The van der Waals surface area contributed by atoms with Crippen LogP contribution in [0.4, 0.5) is 0 Å². The molecule has 1 saturated carbocycles. The summed E-state index contributed by atoms with van der Waals surface area (Å²) in [5.74, 6) is 1.75. The van der Waals surface area contributed by atoms with Gasteiger partial charge in [-0.15, -0.1) is 11.8 Å². The molecular formula is C27H25N5S. The molecule has 6 heteroatoms. The summed E-state index contributed by atoms with van der Waals surface area (Å²) in [5.41, 5.74) is 8.69. The molecular weight excluding hydrogens is 426 g/mol. The van der Waals surface area contributed by atoms with Crippen molar-refractivity contribution in [2.75, 3.05) is 6.26 Å². The van der Waals surface area contributed by atoms with Gasteiger partial charge in [-0.3, -0.25) is 4.40 Å². The van der Waals surface area contributed by atoms with Crippen LogP contribution in [0, 0.1) is 0 Å². The first-order chi connectivity index (χ1) is 16.2. The van der Waals surface area contributed by atoms with Crippen LogP contribution in [0.5, 0.6) is 0 Å². The van der Waals surface area contributed by atoms with Gasteiger partial charge in [0.15, 0.2) is 5.65 Å². The third kappa shape index (κ3) is 3.74. The number of rotatable bonds is 6. The van der Waals surface area contributed by atoms with Gasteiger partial charge >= 0.3 is 0 Å². The Balaban J connectivity index is 1.38. The predicted octanol–water partition coefficient (Wildman–Crippen LogP) is 6.62. The number of aromatic nitrogens is 5. The lowest BCUT2D eigenvalue weighted by Gasteiger charge is -2.09. The van der Waals surface area contributed by atoms with Gasteiger partial charge < -0.3 is 4.98 Å². The maximum Gasteiger partial charge on any atom is 0.170 e. The lowest BCUT2D eigenvalue weighted by molar-refractivity contribution is 0.977. The highest BCUT2D eigenvalue weighted by molar-refractivity contribution is 7.98. The maximum atomic E-state index is 4.90. The van der Waals surface area contributed by atoms with Crippen LogP contribution in [0.3, 0.4) is 0 Å². The lowest BCUT2D eigenvalue weighted by Crippen LogP contribution is -1.96. The molecule has 1 N–H and O–H groups in total. The second-order valence-corrected chi connectivity index (χ2v) is 9.35. The van der Waals surface area contributed by atoms with E-state index in [1.54, 1.807) is 11.8 Å². The van der Waals surface area contributed by atoms with Gasteiger partial charge in [0.25, 0.3) is 0 Å². The molecule has 3 heterocycles. The van der Waals surface area contributed by atoms with E-state index in [0.29, 0.717) is 5.92 Å². The van der Waals surface area contributed by atoms with Gasteiger partial charge in [0.1, 0.15) is 10.9 Å². The van der Waals surface area contributed by atoms with Crippen LogP contribution in [0.25, 0.3) is 39.4 Å². The van der Waals surface area contributed by atoms with E-state index in [4.69, 9.17) is 9.97 Å². The molecule has 33 heavy (non-hydrogen) atoms. The second kappa shape index (κ2) is 8.19. The molecule has 0 amide bonds. The molecule has 0 radical (unpaired) electrons. The summed E-state index contributed by atoms with van der Waals surface area (Å²) >= 11 is 1.63. The van der Waals surface area contributed by atoms with Crippen molar-refractivity contribution in [1.82, 2.24) is 24.3 Å². The van der Waals surface area contributed by atoms with Crippen LogP contribution in [0.1, 0.15) is 37.1 Å². The number of nitrogens with zero attached hydrogens (tertiary/aromatic N) is 4. The Kier molecular flexibility index (Phi) is 5.03. The minimum absolute atomic E-state index is 0.628. The van der Waals surface area contributed by atoms with E-state index in [1.165, 1.54) is 18.4 Å². The first kappa shape index (κ1) is 20.2. The fraction of sp³-hybridized carbons (Fsp3) is 0.222. The second-order valence-electron chi connectivity index (χ2n) is 8.56. The highest BCUT2D eigenvalue weighted by Gasteiger charge is 2.26. The van der Waals surface area contributed by atoms with Crippen LogP contribution in [-0.2, 0) is 6.42 Å². The molecule has 0 saturated heterocycles. The van der Waals surface area contributed by atoms with Crippen LogP contribution in [0.15, 0.2) is 72.1 Å². The van der Waals surface area contributed by atoms with Crippen molar-refractivity contribution in [3.63, 3.8) is 0 Å². The zero-order valence-electron chi connectivity index (χ0n) is 18.7. The number of hydrogen-bond acceptors (Lipinski definition) is 4. The van der Waals surface area contributed by atoms with E-state index in [1.807, 2.05) is 12.4 Å². The molecule has 3 aromatic heterocycles. The Morgan fingerprint density at radius 3 is 2.36 bits per heavy atom. The zero-order valence-corrected chi connectivity index (χ0v) is 19.6. The van der Waals surface area contributed by atoms with Crippen molar-refractivity contribution in [2.24, 2.45) is 0 Å². The first-order valence-corrected chi connectivity index (χ1v) is 12.6. The molecule has 5 nitrogen and oxygen atoms in total. The zero-order chi connectivity index (χ0) is 22.4. The van der Waals surface area contributed by atoms with Crippen molar-refractivity contribution in [1.29, 1.82) is 0 Å². The molecule has 1 fully saturated rings. The molecule has 2 aromatic carbocycles. The normalized spacial score (nSPS) is 13.6. The van der Waals surface area contributed by atoms with E-state index in [2.05, 4.69) is 82.3 Å². The number of hydrogen-bond donors (Lipinski definition) is 1. The summed E-state index contributed by atoms with van der Waals surface area (Å²) in [6.07, 6.45) is 11.6. The molecule has 0 unspecified atom stereocenters. The summed E-state index contributed by atoms with van der Waals surface area (Å²) in [6.45, 7) is 2.17. The fourth-order valence-corrected chi connectivity index (χ4v) is 4.75. The molecule has 164 valence electrons. The van der Waals surface area contributed by atoms with E-state index >= 15 is 0 Å². The van der Waals surface area contributed by atoms with Crippen molar-refractivity contribution < 1.29 is 0 Å². The number of aryl methyl sites for hydroxylation is 1. The summed E-state index contributed by atoms with van der Waals surface area (Å²) in [4.78, 5) is 17.6. The number of nitrogens with one attached hydrogen (secondary N) is 1. The minimum Gasteiger partial charge on any atom is -0.342 e. The van der Waals surface area contributed by atoms with E-state index < -0.39 is 0 Å². The van der Waals surface area contributed by atoms with Gasteiger partial charge in [0, 0.05) is 23.2 Å². The van der Waals surface area contributed by atoms with E-state index in [0.717, 1.165) is 56.7 Å². The smallest absolute Gasteiger partial charge is 0.170 e. The van der Waals surface area contributed by atoms with Gasteiger partial charge in [0.05, 0.1) is 29.5 Å². The molecule has 0 aliphatic heterocycles. The van der Waals surface area contributed by atoms with Crippen molar-refractivity contribution >= 4 is 17.4 Å². The predicted molar refractivity (Wildman–Crippen MR) is 135 cm³/mol. The van der Waals surface area contributed by atoms with Gasteiger partial charge in [-0.25, -0.2) is 15.0 Å². The Bertz CT molecular complexity index is 1430. The molecule has 1 aliphatic rings. The quantitative estimate of drug-likeness (QED) is 0.295. The molecule has 1 aliphatic carbocycles. The number of thioether (sulfide) groups is 1. The van der Waals surface area contributed by atoms with Crippen LogP contribution in [-0.4, -0.2) is 30.6 Å². The van der Waals surface area contributed by atoms with Gasteiger partial charge in [-0.05, 0) is 36.6 Å².